The quantitative estimate of drug-likeness (QED) is 0.236. The molecule has 9 nitrogen and oxygen atoms in total. The van der Waals surface area contributed by atoms with E-state index in [4.69, 9.17) is 9.72 Å². The third-order valence-corrected chi connectivity index (χ3v) is 7.88. The molecule has 0 saturated heterocycles. The van der Waals surface area contributed by atoms with E-state index in [1.807, 2.05) is 25.3 Å². The molecule has 0 atom stereocenters. The van der Waals surface area contributed by atoms with Crippen LogP contribution in [0.25, 0.3) is 16.9 Å². The van der Waals surface area contributed by atoms with E-state index in [1.165, 1.54) is 18.2 Å². The van der Waals surface area contributed by atoms with E-state index < -0.39 is 20.0 Å². The lowest BCUT2D eigenvalue weighted by Gasteiger charge is -2.16. The van der Waals surface area contributed by atoms with Crippen molar-refractivity contribution in [3.63, 3.8) is 0 Å². The van der Waals surface area contributed by atoms with Gasteiger partial charge in [-0.05, 0) is 44.5 Å². The van der Waals surface area contributed by atoms with Gasteiger partial charge in [-0.2, -0.15) is 0 Å². The monoisotopic (exact) mass is 510 g/mol. The lowest BCUT2D eigenvalue weighted by atomic mass is 9.99. The number of fused-ring (bicyclic) bond motifs is 1. The number of carbonyl (C=O) groups excluding carboxylic acids is 1. The van der Waals surface area contributed by atoms with Gasteiger partial charge in [-0.15, -0.1) is 0 Å². The predicted molar refractivity (Wildman–Crippen MR) is 144 cm³/mol. The minimum atomic E-state index is -1.24. The van der Waals surface area contributed by atoms with Crippen LogP contribution < -0.4 is 10.9 Å². The zero-order chi connectivity index (χ0) is 26.8. The van der Waals surface area contributed by atoms with Crippen LogP contribution in [0, 0.1) is 13.8 Å². The molecular weight excluding hydrogens is 476 g/mol. The first-order valence-corrected chi connectivity index (χ1v) is 15.6. The summed E-state index contributed by atoms with van der Waals surface area (Å²) in [5.41, 5.74) is 2.75. The fourth-order valence-electron chi connectivity index (χ4n) is 3.94. The molecule has 0 unspecified atom stereocenters. The number of aromatic carboxylic acids is 1. The summed E-state index contributed by atoms with van der Waals surface area (Å²) in [6, 6.07) is 5.31. The Morgan fingerprint density at radius 3 is 2.50 bits per heavy atom. The molecule has 0 saturated carbocycles. The first-order chi connectivity index (χ1) is 16.9. The molecule has 0 aliphatic heterocycles. The van der Waals surface area contributed by atoms with Gasteiger partial charge in [-0.3, -0.25) is 14.2 Å². The number of amides is 1. The molecule has 1 aromatic carbocycles. The van der Waals surface area contributed by atoms with Crippen molar-refractivity contribution in [2.24, 2.45) is 0 Å². The molecule has 10 heteroatoms. The third kappa shape index (κ3) is 5.49. The van der Waals surface area contributed by atoms with E-state index in [1.54, 1.807) is 4.40 Å². The number of benzene rings is 1. The number of hydrogen-bond acceptors (Lipinski definition) is 5. The van der Waals surface area contributed by atoms with Crippen molar-refractivity contribution in [1.82, 2.24) is 14.0 Å². The first-order valence-electron chi connectivity index (χ1n) is 11.9. The van der Waals surface area contributed by atoms with Crippen molar-refractivity contribution in [2.75, 3.05) is 11.9 Å². The Balaban J connectivity index is 2.19. The normalized spacial score (nSPS) is 11.6. The smallest absolute Gasteiger partial charge is 0.335 e. The van der Waals surface area contributed by atoms with Gasteiger partial charge in [-0.1, -0.05) is 39.2 Å². The number of nitrogens with zero attached hydrogens (tertiary/aromatic N) is 3. The van der Waals surface area contributed by atoms with Crippen LogP contribution in [-0.2, 0) is 22.7 Å². The number of carboxylic acid groups (broad SMARTS) is 1. The molecule has 0 radical (unpaired) electrons. The van der Waals surface area contributed by atoms with Crippen LogP contribution in [0.4, 0.5) is 5.69 Å². The van der Waals surface area contributed by atoms with Crippen LogP contribution in [-0.4, -0.2) is 45.6 Å². The number of imidazole rings is 1. The van der Waals surface area contributed by atoms with Crippen LogP contribution in [0.15, 0.2) is 35.6 Å². The van der Waals surface area contributed by atoms with Crippen molar-refractivity contribution in [2.45, 2.75) is 59.6 Å². The number of aryl methyl sites for hydroxylation is 2. The van der Waals surface area contributed by atoms with Gasteiger partial charge in [-0.25, -0.2) is 14.2 Å². The Morgan fingerprint density at radius 1 is 1.22 bits per heavy atom. The maximum absolute atomic E-state index is 13.9. The van der Waals surface area contributed by atoms with Crippen molar-refractivity contribution in [3.8, 4) is 11.1 Å². The second kappa shape index (κ2) is 10.6. The van der Waals surface area contributed by atoms with Crippen LogP contribution in [0.1, 0.15) is 34.4 Å². The molecule has 0 fully saturated rings. The third-order valence-electron chi connectivity index (χ3n) is 6.18. The van der Waals surface area contributed by atoms with Crippen LogP contribution in [0.5, 0.6) is 0 Å². The van der Waals surface area contributed by atoms with Crippen molar-refractivity contribution < 1.29 is 19.4 Å². The Bertz CT molecular complexity index is 1400. The summed E-state index contributed by atoms with van der Waals surface area (Å²) in [5.74, 6) is -1.17. The summed E-state index contributed by atoms with van der Waals surface area (Å²) >= 11 is 0. The van der Waals surface area contributed by atoms with E-state index >= 15 is 0 Å². The number of aromatic nitrogens is 3. The number of rotatable bonds is 10. The van der Waals surface area contributed by atoms with E-state index in [2.05, 4.69) is 31.5 Å². The second-order valence-corrected chi connectivity index (χ2v) is 15.6. The molecule has 2 aromatic heterocycles. The molecule has 0 aliphatic carbocycles. The summed E-state index contributed by atoms with van der Waals surface area (Å²) in [4.78, 5) is 42.4. The average molecular weight is 511 g/mol. The summed E-state index contributed by atoms with van der Waals surface area (Å²) in [6.45, 7) is 16.9. The standard InChI is InChI=1S/C26H34N4O5Si/c1-8-20-23(19-11-10-18(25(33)34)14-21(19)27-22(31)9-2)24(32)30-17(4)16(3)29(26(30)28-20)15-35-12-13-36(5,6)7/h9-11,14H,2,8,12-13,15H2,1,3-7H3,(H,27,31)(H,33,34). The molecule has 2 N–H and O–H groups in total. The van der Waals surface area contributed by atoms with Gasteiger partial charge in [0.05, 0.1) is 16.8 Å². The van der Waals surface area contributed by atoms with Gasteiger partial charge < -0.3 is 15.2 Å². The molecule has 3 rings (SSSR count). The van der Waals surface area contributed by atoms with Crippen LogP contribution >= 0.6 is 0 Å². The van der Waals surface area contributed by atoms with Gasteiger partial charge in [0.2, 0.25) is 11.7 Å². The van der Waals surface area contributed by atoms with Crippen molar-refractivity contribution in [1.29, 1.82) is 0 Å². The highest BCUT2D eigenvalue weighted by Crippen LogP contribution is 2.30. The summed E-state index contributed by atoms with van der Waals surface area (Å²) in [5, 5.41) is 12.1. The molecule has 2 heterocycles. The molecule has 0 spiro atoms. The number of ether oxygens (including phenoxy) is 1. The van der Waals surface area contributed by atoms with Crippen molar-refractivity contribution >= 4 is 31.4 Å². The van der Waals surface area contributed by atoms with Gasteiger partial charge in [0.1, 0.15) is 6.73 Å². The van der Waals surface area contributed by atoms with E-state index in [-0.39, 0.29) is 23.5 Å². The maximum atomic E-state index is 13.9. The highest BCUT2D eigenvalue weighted by Gasteiger charge is 2.23. The SMILES string of the molecule is C=CC(=O)Nc1cc(C(=O)O)ccc1-c1c(CC)nc2n(COCC[Si](C)(C)C)c(C)c(C)n2c1=O. The minimum Gasteiger partial charge on any atom is -0.478 e. The van der Waals surface area contributed by atoms with Gasteiger partial charge in [0, 0.05) is 37.3 Å². The molecule has 1 amide bonds. The molecule has 36 heavy (non-hydrogen) atoms. The van der Waals surface area contributed by atoms with E-state index in [9.17, 15) is 19.5 Å². The number of nitrogens with one attached hydrogen (secondary N) is 1. The number of carboxylic acids is 1. The molecule has 0 bridgehead atoms. The topological polar surface area (TPSA) is 115 Å². The highest BCUT2D eigenvalue weighted by molar-refractivity contribution is 6.76. The average Bonchev–Trinajstić information content (AvgIpc) is 3.05. The van der Waals surface area contributed by atoms with Crippen LogP contribution in [0.2, 0.25) is 25.7 Å². The fourth-order valence-corrected chi connectivity index (χ4v) is 4.70. The molecule has 192 valence electrons. The Kier molecular flexibility index (Phi) is 8.00. The highest BCUT2D eigenvalue weighted by atomic mass is 28.3. The zero-order valence-corrected chi connectivity index (χ0v) is 22.8. The zero-order valence-electron chi connectivity index (χ0n) is 21.8. The van der Waals surface area contributed by atoms with E-state index in [0.717, 1.165) is 23.5 Å². The van der Waals surface area contributed by atoms with E-state index in [0.29, 0.717) is 35.6 Å². The Labute approximate surface area is 211 Å². The summed E-state index contributed by atoms with van der Waals surface area (Å²) < 4.78 is 9.42. The lowest BCUT2D eigenvalue weighted by molar-refractivity contribution is -0.111. The van der Waals surface area contributed by atoms with Crippen LogP contribution in [0.3, 0.4) is 0 Å². The Morgan fingerprint density at radius 2 is 1.92 bits per heavy atom. The largest absolute Gasteiger partial charge is 0.478 e. The Hall–Kier alpha value is -3.50. The van der Waals surface area contributed by atoms with Crippen molar-refractivity contribution in [3.05, 3.63) is 63.9 Å². The van der Waals surface area contributed by atoms with Gasteiger partial charge >= 0.3 is 5.97 Å². The number of anilines is 1. The predicted octanol–water partition coefficient (Wildman–Crippen LogP) is 4.48. The van der Waals surface area contributed by atoms with Gasteiger partial charge in [0.25, 0.3) is 5.56 Å². The molecule has 0 aliphatic rings. The fraction of sp³-hybridized carbons (Fsp3) is 0.385. The number of carbonyl (C=O) groups is 2. The lowest BCUT2D eigenvalue weighted by Crippen LogP contribution is -2.23. The van der Waals surface area contributed by atoms with Gasteiger partial charge in [0.15, 0.2) is 0 Å². The summed E-state index contributed by atoms with van der Waals surface area (Å²) in [6.07, 6.45) is 1.54. The summed E-state index contributed by atoms with van der Waals surface area (Å²) in [7, 11) is -1.24. The second-order valence-electron chi connectivity index (χ2n) is 9.93. The maximum Gasteiger partial charge on any atom is 0.335 e. The molecular formula is C26H34N4O5Si. The number of hydrogen-bond donors (Lipinski definition) is 2. The first kappa shape index (κ1) is 27.1. The minimum absolute atomic E-state index is 0.0149. The molecule has 3 aromatic rings.